The van der Waals surface area contributed by atoms with Gasteiger partial charge in [-0.25, -0.2) is 9.59 Å². The third-order valence-corrected chi connectivity index (χ3v) is 6.56. The predicted octanol–water partition coefficient (Wildman–Crippen LogP) is 8.18. The van der Waals surface area contributed by atoms with Crippen LogP contribution in [0.25, 0.3) is 0 Å². The summed E-state index contributed by atoms with van der Waals surface area (Å²) in [6, 6.07) is 14.3. The normalized spacial score (nSPS) is 11.1. The maximum Gasteiger partial charge on any atom is 0.374 e. The number of unbranched alkanes of at least 4 members (excludes halogenated alkanes) is 8. The molecule has 2 rings (SSSR count). The number of ether oxygens (including phenoxy) is 3. The van der Waals surface area contributed by atoms with E-state index in [1.807, 2.05) is 12.1 Å². The molecule has 0 heterocycles. The molecule has 0 saturated heterocycles. The number of carbonyl (C=O) groups excluding carboxylic acids is 3. The van der Waals surface area contributed by atoms with E-state index in [0.717, 1.165) is 76.7 Å². The molecule has 7 nitrogen and oxygen atoms in total. The molecule has 0 aliphatic heterocycles. The number of anilines is 1. The van der Waals surface area contributed by atoms with Crippen molar-refractivity contribution in [3.8, 4) is 5.75 Å². The van der Waals surface area contributed by atoms with Crippen molar-refractivity contribution >= 4 is 23.5 Å². The third-order valence-electron chi connectivity index (χ3n) is 6.56. The molecule has 0 aliphatic rings. The van der Waals surface area contributed by atoms with E-state index < -0.39 is 11.9 Å². The molecule has 0 radical (unpaired) electrons. The quantitative estimate of drug-likeness (QED) is 0.0753. The highest BCUT2D eigenvalue weighted by Gasteiger charge is 2.19. The van der Waals surface area contributed by atoms with Crippen LogP contribution in [0.1, 0.15) is 107 Å². The van der Waals surface area contributed by atoms with Gasteiger partial charge in [0.1, 0.15) is 0 Å². The molecule has 2 aromatic rings. The monoisotopic (exact) mass is 565 g/mol. The SMILES string of the molecule is CCCCCCOC(=O)/C=C(\Oc1ccccc1NC(=O)c1ccc(CCCCC)cc1)C(=O)OCCCCCC. The molecule has 0 atom stereocenters. The minimum absolute atomic E-state index is 0.210. The number of aryl methyl sites for hydroxylation is 1. The third kappa shape index (κ3) is 13.5. The summed E-state index contributed by atoms with van der Waals surface area (Å²) in [5.41, 5.74) is 2.06. The summed E-state index contributed by atoms with van der Waals surface area (Å²) in [5.74, 6) is -1.83. The molecule has 0 fully saturated rings. The van der Waals surface area contributed by atoms with Crippen molar-refractivity contribution in [3.05, 3.63) is 71.5 Å². The summed E-state index contributed by atoms with van der Waals surface area (Å²) in [7, 11) is 0. The fraction of sp³-hybridized carbons (Fsp3) is 0.500. The first-order chi connectivity index (χ1) is 20.0. The molecule has 41 heavy (non-hydrogen) atoms. The summed E-state index contributed by atoms with van der Waals surface area (Å²) in [5, 5.41) is 2.86. The Hall–Kier alpha value is -3.61. The molecule has 224 valence electrons. The van der Waals surface area contributed by atoms with Gasteiger partial charge in [0.05, 0.1) is 25.0 Å². The first-order valence-corrected chi connectivity index (χ1v) is 15.2. The van der Waals surface area contributed by atoms with Crippen molar-refractivity contribution in [2.75, 3.05) is 18.5 Å². The van der Waals surface area contributed by atoms with Crippen molar-refractivity contribution in [2.24, 2.45) is 0 Å². The average molecular weight is 566 g/mol. The van der Waals surface area contributed by atoms with Crippen LogP contribution in [0.2, 0.25) is 0 Å². The second-order valence-electron chi connectivity index (χ2n) is 10.1. The molecule has 1 N–H and O–H groups in total. The molecule has 0 saturated carbocycles. The Labute approximate surface area is 245 Å². The Balaban J connectivity index is 2.12. The average Bonchev–Trinajstić information content (AvgIpc) is 2.98. The van der Waals surface area contributed by atoms with Gasteiger partial charge in [-0.05, 0) is 55.5 Å². The van der Waals surface area contributed by atoms with Crippen LogP contribution in [0, 0.1) is 0 Å². The van der Waals surface area contributed by atoms with Crippen LogP contribution in [0.15, 0.2) is 60.4 Å². The highest BCUT2D eigenvalue weighted by atomic mass is 16.6. The first-order valence-electron chi connectivity index (χ1n) is 15.2. The fourth-order valence-electron chi connectivity index (χ4n) is 4.12. The number of esters is 2. The number of para-hydroxylation sites is 2. The predicted molar refractivity (Wildman–Crippen MR) is 163 cm³/mol. The van der Waals surface area contributed by atoms with Gasteiger partial charge in [0.15, 0.2) is 5.75 Å². The van der Waals surface area contributed by atoms with Crippen molar-refractivity contribution in [1.82, 2.24) is 0 Å². The second kappa shape index (κ2) is 20.3. The molecule has 2 aromatic carbocycles. The van der Waals surface area contributed by atoms with E-state index in [-0.39, 0.29) is 30.6 Å². The molecule has 0 aromatic heterocycles. The molecule has 1 amide bonds. The van der Waals surface area contributed by atoms with E-state index in [1.165, 1.54) is 12.0 Å². The maximum absolute atomic E-state index is 13.0. The topological polar surface area (TPSA) is 90.9 Å². The van der Waals surface area contributed by atoms with Crippen molar-refractivity contribution in [3.63, 3.8) is 0 Å². The van der Waals surface area contributed by atoms with Gasteiger partial charge in [-0.3, -0.25) is 4.79 Å². The second-order valence-corrected chi connectivity index (χ2v) is 10.1. The Morgan fingerprint density at radius 3 is 1.98 bits per heavy atom. The van der Waals surface area contributed by atoms with Crippen molar-refractivity contribution in [2.45, 2.75) is 97.8 Å². The van der Waals surface area contributed by atoms with Gasteiger partial charge in [-0.2, -0.15) is 0 Å². The van der Waals surface area contributed by atoms with E-state index in [1.54, 1.807) is 36.4 Å². The molecule has 7 heteroatoms. The highest BCUT2D eigenvalue weighted by molar-refractivity contribution is 6.05. The molecule has 0 aliphatic carbocycles. The van der Waals surface area contributed by atoms with Crippen LogP contribution in [0.3, 0.4) is 0 Å². The van der Waals surface area contributed by atoms with Gasteiger partial charge < -0.3 is 19.5 Å². The summed E-state index contributed by atoms with van der Waals surface area (Å²) in [6.07, 6.45) is 13.1. The van der Waals surface area contributed by atoms with E-state index in [2.05, 4.69) is 26.1 Å². The Bertz CT molecular complexity index is 1090. The minimum atomic E-state index is -0.760. The number of amides is 1. The standard InChI is InChI=1S/C34H47NO6/c1-4-7-10-15-24-39-32(36)26-31(34(38)40-25-16-11-8-5-2)41-30-19-14-13-18-29(30)35-33(37)28-22-20-27(21-23-28)17-12-9-6-3/h13-14,18-23,26H,4-12,15-17,24-25H2,1-3H3,(H,35,37)/b31-26-. The maximum atomic E-state index is 13.0. The summed E-state index contributed by atoms with van der Waals surface area (Å²) >= 11 is 0. The fourth-order valence-corrected chi connectivity index (χ4v) is 4.12. The summed E-state index contributed by atoms with van der Waals surface area (Å²) in [4.78, 5) is 38.4. The molecule has 0 bridgehead atoms. The van der Waals surface area contributed by atoms with Crippen LogP contribution in [0.5, 0.6) is 5.75 Å². The summed E-state index contributed by atoms with van der Waals surface area (Å²) < 4.78 is 16.6. The van der Waals surface area contributed by atoms with Crippen LogP contribution in [0.4, 0.5) is 5.69 Å². The van der Waals surface area contributed by atoms with Crippen molar-refractivity contribution < 1.29 is 28.6 Å². The molecule has 0 unspecified atom stereocenters. The highest BCUT2D eigenvalue weighted by Crippen LogP contribution is 2.27. The number of benzene rings is 2. The lowest BCUT2D eigenvalue weighted by atomic mass is 10.1. The molecular weight excluding hydrogens is 518 g/mol. The summed E-state index contributed by atoms with van der Waals surface area (Å²) in [6.45, 7) is 6.87. The Morgan fingerprint density at radius 1 is 0.707 bits per heavy atom. The number of rotatable bonds is 20. The first kappa shape index (κ1) is 33.6. The lowest BCUT2D eigenvalue weighted by molar-refractivity contribution is -0.143. The van der Waals surface area contributed by atoms with Gasteiger partial charge in [-0.15, -0.1) is 0 Å². The number of carbonyl (C=O) groups is 3. The smallest absolute Gasteiger partial charge is 0.374 e. The van der Waals surface area contributed by atoms with Crippen LogP contribution in [-0.4, -0.2) is 31.1 Å². The number of nitrogens with one attached hydrogen (secondary N) is 1. The van der Waals surface area contributed by atoms with Crippen molar-refractivity contribution in [1.29, 1.82) is 0 Å². The Morgan fingerprint density at radius 2 is 1.32 bits per heavy atom. The van der Waals surface area contributed by atoms with Gasteiger partial charge in [0.25, 0.3) is 5.91 Å². The number of hydrogen-bond donors (Lipinski definition) is 1. The number of hydrogen-bond acceptors (Lipinski definition) is 6. The zero-order valence-electron chi connectivity index (χ0n) is 25.0. The van der Waals surface area contributed by atoms with E-state index >= 15 is 0 Å². The Kier molecular flexibility index (Phi) is 16.6. The van der Waals surface area contributed by atoms with Crippen LogP contribution < -0.4 is 10.1 Å². The van der Waals surface area contributed by atoms with Gasteiger partial charge >= 0.3 is 11.9 Å². The van der Waals surface area contributed by atoms with Crippen LogP contribution in [-0.2, 0) is 25.5 Å². The molecule has 0 spiro atoms. The van der Waals surface area contributed by atoms with E-state index in [4.69, 9.17) is 14.2 Å². The van der Waals surface area contributed by atoms with Gasteiger partial charge in [-0.1, -0.05) is 96.4 Å². The largest absolute Gasteiger partial charge is 0.462 e. The van der Waals surface area contributed by atoms with E-state index in [0.29, 0.717) is 11.3 Å². The van der Waals surface area contributed by atoms with Gasteiger partial charge in [0, 0.05) is 5.56 Å². The van der Waals surface area contributed by atoms with Crippen LogP contribution >= 0.6 is 0 Å². The van der Waals surface area contributed by atoms with E-state index in [9.17, 15) is 14.4 Å². The zero-order valence-corrected chi connectivity index (χ0v) is 25.0. The van der Waals surface area contributed by atoms with Gasteiger partial charge in [0.2, 0.25) is 5.76 Å². The minimum Gasteiger partial charge on any atom is -0.462 e. The lowest BCUT2D eigenvalue weighted by Gasteiger charge is -2.14. The molecular formula is C34H47NO6. The lowest BCUT2D eigenvalue weighted by Crippen LogP contribution is -2.18. The zero-order chi connectivity index (χ0) is 29.7.